The van der Waals surface area contributed by atoms with Crippen LogP contribution in [0.4, 0.5) is 5.69 Å². The van der Waals surface area contributed by atoms with E-state index < -0.39 is 29.7 Å². The number of Topliss-reactive ketones (excluding diaryl/α,β-unsaturated/α-hetero) is 1. The molecule has 30 heavy (non-hydrogen) atoms. The van der Waals surface area contributed by atoms with Gasteiger partial charge in [-0.25, -0.2) is 4.79 Å². The average molecular weight is 403 g/mol. The van der Waals surface area contributed by atoms with Gasteiger partial charge in [0, 0.05) is 5.69 Å². The summed E-state index contributed by atoms with van der Waals surface area (Å²) in [5, 5.41) is 2.10. The van der Waals surface area contributed by atoms with E-state index in [-0.39, 0.29) is 6.54 Å². The molecule has 0 aromatic heterocycles. The van der Waals surface area contributed by atoms with Crippen molar-refractivity contribution in [3.63, 3.8) is 0 Å². The van der Waals surface area contributed by atoms with Gasteiger partial charge in [0.25, 0.3) is 0 Å². The summed E-state index contributed by atoms with van der Waals surface area (Å²) in [5.74, 6) is -2.30. The Morgan fingerprint density at radius 3 is 2.17 bits per heavy atom. The van der Waals surface area contributed by atoms with Crippen molar-refractivity contribution in [3.05, 3.63) is 78.4 Å². The van der Waals surface area contributed by atoms with Gasteiger partial charge < -0.3 is 9.64 Å². The molecule has 3 rings (SSSR count). The molecule has 0 aliphatic carbocycles. The number of ether oxygens (including phenoxy) is 1. The van der Waals surface area contributed by atoms with Gasteiger partial charge in [0.05, 0.1) is 13.0 Å². The molecule has 0 saturated heterocycles. The van der Waals surface area contributed by atoms with E-state index in [4.69, 9.17) is 4.74 Å². The first-order valence-corrected chi connectivity index (χ1v) is 9.83. The fourth-order valence-electron chi connectivity index (χ4n) is 3.17. The van der Waals surface area contributed by atoms with Gasteiger partial charge in [-0.15, -0.1) is 0 Å². The van der Waals surface area contributed by atoms with E-state index >= 15 is 0 Å². The summed E-state index contributed by atoms with van der Waals surface area (Å²) >= 11 is 0. The highest BCUT2D eigenvalue weighted by atomic mass is 16.6. The highest BCUT2D eigenvalue weighted by Gasteiger charge is 2.27. The Labute approximate surface area is 176 Å². The van der Waals surface area contributed by atoms with Crippen molar-refractivity contribution >= 4 is 34.1 Å². The molecule has 154 valence electrons. The fraction of sp³-hybridized carbons (Fsp3) is 0.240. The fourth-order valence-corrected chi connectivity index (χ4v) is 3.17. The average Bonchev–Trinajstić information content (AvgIpc) is 2.71. The monoisotopic (exact) mass is 403 g/mol. The first-order valence-electron chi connectivity index (χ1n) is 9.83. The number of rotatable bonds is 6. The lowest BCUT2D eigenvalue weighted by molar-refractivity contribution is -0.163. The highest BCUT2D eigenvalue weighted by molar-refractivity contribution is 6.37. The second kappa shape index (κ2) is 8.91. The maximum atomic E-state index is 13.1. The normalized spacial score (nSPS) is 11.2. The molecule has 0 aliphatic rings. The second-order valence-corrected chi connectivity index (χ2v) is 8.06. The number of carbonyl (C=O) groups excluding carboxylic acids is 3. The topological polar surface area (TPSA) is 63.7 Å². The number of amides is 1. The number of ketones is 1. The summed E-state index contributed by atoms with van der Waals surface area (Å²) in [6.07, 6.45) is -0.547. The van der Waals surface area contributed by atoms with Crippen LogP contribution in [-0.4, -0.2) is 23.3 Å². The minimum absolute atomic E-state index is 0.284. The molecular formula is C25H25NO4. The lowest BCUT2D eigenvalue weighted by atomic mass is 10.0. The zero-order valence-electron chi connectivity index (χ0n) is 17.4. The van der Waals surface area contributed by atoms with Crippen molar-refractivity contribution in [3.8, 4) is 0 Å². The zero-order chi connectivity index (χ0) is 21.7. The van der Waals surface area contributed by atoms with Crippen LogP contribution in [0.25, 0.3) is 10.8 Å². The van der Waals surface area contributed by atoms with Gasteiger partial charge in [-0.2, -0.15) is 0 Å². The minimum atomic E-state index is -0.992. The van der Waals surface area contributed by atoms with Crippen LogP contribution in [-0.2, 0) is 25.7 Å². The standard InChI is InChI=1S/C25H25NO4/c1-25(2,3)30-24(29)22(27)16-23(28)26(20-13-5-4-6-14-20)17-19-12-9-11-18-10-7-8-15-21(18)19/h4-15H,16-17H2,1-3H3. The van der Waals surface area contributed by atoms with Crippen molar-refractivity contribution in [2.45, 2.75) is 39.3 Å². The summed E-state index contributed by atoms with van der Waals surface area (Å²) in [5.41, 5.74) is 0.820. The lowest BCUT2D eigenvalue weighted by Gasteiger charge is -2.24. The van der Waals surface area contributed by atoms with Crippen LogP contribution in [0.2, 0.25) is 0 Å². The van der Waals surface area contributed by atoms with Crippen molar-refractivity contribution < 1.29 is 19.1 Å². The summed E-state index contributed by atoms with van der Waals surface area (Å²) < 4.78 is 5.10. The van der Waals surface area contributed by atoms with Crippen LogP contribution in [0.15, 0.2) is 72.8 Å². The van der Waals surface area contributed by atoms with Crippen molar-refractivity contribution in [2.24, 2.45) is 0 Å². The summed E-state index contributed by atoms with van der Waals surface area (Å²) in [6, 6.07) is 23.0. The van der Waals surface area contributed by atoms with E-state index in [0.29, 0.717) is 5.69 Å². The Bertz CT molecular complexity index is 1060. The molecule has 0 spiro atoms. The van der Waals surface area contributed by atoms with Crippen LogP contribution in [0.5, 0.6) is 0 Å². The van der Waals surface area contributed by atoms with E-state index in [9.17, 15) is 14.4 Å². The zero-order valence-corrected chi connectivity index (χ0v) is 17.4. The quantitative estimate of drug-likeness (QED) is 0.341. The smallest absolute Gasteiger partial charge is 0.375 e. The molecule has 0 N–H and O–H groups in total. The molecule has 3 aromatic rings. The number of hydrogen-bond acceptors (Lipinski definition) is 4. The molecule has 0 aliphatic heterocycles. The predicted octanol–water partition coefficient (Wildman–Crippen LogP) is 4.67. The van der Waals surface area contributed by atoms with E-state index in [2.05, 4.69) is 0 Å². The Morgan fingerprint density at radius 1 is 0.833 bits per heavy atom. The Hall–Kier alpha value is -3.47. The van der Waals surface area contributed by atoms with Gasteiger partial charge in [-0.3, -0.25) is 9.59 Å². The lowest BCUT2D eigenvalue weighted by Crippen LogP contribution is -2.35. The molecule has 0 saturated carbocycles. The van der Waals surface area contributed by atoms with Crippen molar-refractivity contribution in [1.29, 1.82) is 0 Å². The molecule has 3 aromatic carbocycles. The third kappa shape index (κ3) is 5.32. The molecule has 0 bridgehead atoms. The molecule has 0 radical (unpaired) electrons. The van der Waals surface area contributed by atoms with Crippen LogP contribution in [0.1, 0.15) is 32.8 Å². The molecule has 0 atom stereocenters. The molecule has 0 heterocycles. The number of anilines is 1. The maximum absolute atomic E-state index is 13.1. The maximum Gasteiger partial charge on any atom is 0.375 e. The van der Waals surface area contributed by atoms with Crippen LogP contribution < -0.4 is 4.90 Å². The van der Waals surface area contributed by atoms with E-state index in [1.54, 1.807) is 32.9 Å². The molecule has 0 fully saturated rings. The van der Waals surface area contributed by atoms with Gasteiger partial charge in [0.1, 0.15) is 5.60 Å². The SMILES string of the molecule is CC(C)(C)OC(=O)C(=O)CC(=O)N(Cc1cccc2ccccc12)c1ccccc1. The van der Waals surface area contributed by atoms with Gasteiger partial charge in [0.2, 0.25) is 11.7 Å². The number of esters is 1. The second-order valence-electron chi connectivity index (χ2n) is 8.06. The predicted molar refractivity (Wildman–Crippen MR) is 117 cm³/mol. The Kier molecular flexibility index (Phi) is 6.31. The summed E-state index contributed by atoms with van der Waals surface area (Å²) in [4.78, 5) is 38.9. The number of hydrogen-bond donors (Lipinski definition) is 0. The van der Waals surface area contributed by atoms with Crippen LogP contribution >= 0.6 is 0 Å². The number of carbonyl (C=O) groups is 3. The largest absolute Gasteiger partial charge is 0.454 e. The van der Waals surface area contributed by atoms with Crippen LogP contribution in [0, 0.1) is 0 Å². The summed E-state index contributed by atoms with van der Waals surface area (Å²) in [7, 11) is 0. The molecular weight excluding hydrogens is 378 g/mol. The molecule has 0 unspecified atom stereocenters. The number of para-hydroxylation sites is 1. The third-order valence-corrected chi connectivity index (χ3v) is 4.52. The third-order valence-electron chi connectivity index (χ3n) is 4.52. The highest BCUT2D eigenvalue weighted by Crippen LogP contribution is 2.24. The van der Waals surface area contributed by atoms with Gasteiger partial charge in [-0.1, -0.05) is 60.7 Å². The molecule has 5 heteroatoms. The van der Waals surface area contributed by atoms with E-state index in [1.165, 1.54) is 4.90 Å². The minimum Gasteiger partial charge on any atom is -0.454 e. The first kappa shape index (κ1) is 21.2. The van der Waals surface area contributed by atoms with Gasteiger partial charge in [0.15, 0.2) is 0 Å². The van der Waals surface area contributed by atoms with Crippen LogP contribution in [0.3, 0.4) is 0 Å². The molecule has 5 nitrogen and oxygen atoms in total. The van der Waals surface area contributed by atoms with Gasteiger partial charge in [-0.05, 0) is 49.2 Å². The van der Waals surface area contributed by atoms with E-state index in [0.717, 1.165) is 16.3 Å². The number of benzene rings is 3. The Morgan fingerprint density at radius 2 is 1.47 bits per heavy atom. The van der Waals surface area contributed by atoms with Gasteiger partial charge >= 0.3 is 5.97 Å². The van der Waals surface area contributed by atoms with Crippen molar-refractivity contribution in [2.75, 3.05) is 4.90 Å². The van der Waals surface area contributed by atoms with E-state index in [1.807, 2.05) is 60.7 Å². The Balaban J connectivity index is 1.87. The number of nitrogens with zero attached hydrogens (tertiary/aromatic N) is 1. The number of fused-ring (bicyclic) bond motifs is 1. The molecule has 1 amide bonds. The first-order chi connectivity index (χ1) is 14.2. The summed E-state index contributed by atoms with van der Waals surface area (Å²) in [6.45, 7) is 5.32. The van der Waals surface area contributed by atoms with Crippen molar-refractivity contribution in [1.82, 2.24) is 0 Å².